The average Bonchev–Trinajstić information content (AvgIpc) is 3.00. The van der Waals surface area contributed by atoms with Gasteiger partial charge in [0, 0.05) is 5.56 Å². The Morgan fingerprint density at radius 2 is 2.10 bits per heavy atom. The highest BCUT2D eigenvalue weighted by Gasteiger charge is 2.26. The molecule has 2 N–H and O–H groups in total. The fraction of sp³-hybridized carbons (Fsp3) is 0.200. The molecule has 0 aliphatic carbocycles. The summed E-state index contributed by atoms with van der Waals surface area (Å²) in [6.45, 7) is 1.59. The number of nitrogens with one attached hydrogen (secondary N) is 1. The first-order valence-corrected chi connectivity index (χ1v) is 6.07. The molecule has 0 bridgehead atoms. The lowest BCUT2D eigenvalue weighted by Crippen LogP contribution is -2.38. The van der Waals surface area contributed by atoms with Gasteiger partial charge in [0.1, 0.15) is 11.4 Å². The first-order chi connectivity index (χ1) is 9.53. The van der Waals surface area contributed by atoms with Crippen molar-refractivity contribution < 1.29 is 14.3 Å². The Balaban J connectivity index is 2.00. The molecule has 2 rings (SSSR count). The maximum absolute atomic E-state index is 11.9. The Morgan fingerprint density at radius 3 is 2.65 bits per heavy atom. The molecular weight excluding hydrogens is 256 g/mol. The van der Waals surface area contributed by atoms with Gasteiger partial charge >= 0.3 is 0 Å². The van der Waals surface area contributed by atoms with E-state index in [9.17, 15) is 9.90 Å². The quantitative estimate of drug-likeness (QED) is 0.886. The molecule has 102 valence electrons. The molecule has 20 heavy (non-hydrogen) atoms. The molecule has 5 heteroatoms. The van der Waals surface area contributed by atoms with Crippen molar-refractivity contribution in [3.05, 3.63) is 59.5 Å². The van der Waals surface area contributed by atoms with Gasteiger partial charge in [-0.1, -0.05) is 0 Å². The number of carbonyl (C=O) groups is 1. The predicted molar refractivity (Wildman–Crippen MR) is 71.8 cm³/mol. The Labute approximate surface area is 116 Å². The van der Waals surface area contributed by atoms with Crippen molar-refractivity contribution in [2.45, 2.75) is 12.5 Å². The van der Waals surface area contributed by atoms with Gasteiger partial charge in [-0.3, -0.25) is 4.79 Å². The largest absolute Gasteiger partial charge is 0.466 e. The maximum Gasteiger partial charge on any atom is 0.251 e. The fourth-order valence-electron chi connectivity index (χ4n) is 1.72. The van der Waals surface area contributed by atoms with Gasteiger partial charge in [-0.15, -0.1) is 0 Å². The van der Waals surface area contributed by atoms with Gasteiger partial charge in [0.25, 0.3) is 5.91 Å². The van der Waals surface area contributed by atoms with Crippen LogP contribution >= 0.6 is 0 Å². The summed E-state index contributed by atoms with van der Waals surface area (Å²) >= 11 is 0. The molecule has 0 spiro atoms. The molecule has 0 radical (unpaired) electrons. The predicted octanol–water partition coefficient (Wildman–Crippen LogP) is 1.79. The number of furan rings is 1. The highest BCUT2D eigenvalue weighted by molar-refractivity contribution is 5.94. The van der Waals surface area contributed by atoms with Gasteiger partial charge in [0.15, 0.2) is 0 Å². The molecule has 0 aliphatic rings. The summed E-state index contributed by atoms with van der Waals surface area (Å²) in [5, 5.41) is 21.5. The summed E-state index contributed by atoms with van der Waals surface area (Å²) in [5.41, 5.74) is -0.352. The van der Waals surface area contributed by atoms with Crippen molar-refractivity contribution in [1.82, 2.24) is 5.32 Å². The molecule has 1 heterocycles. The number of rotatable bonds is 4. The van der Waals surface area contributed by atoms with E-state index in [2.05, 4.69) is 5.32 Å². The topological polar surface area (TPSA) is 86.3 Å². The monoisotopic (exact) mass is 270 g/mol. The molecule has 0 aliphatic heterocycles. The van der Waals surface area contributed by atoms with E-state index in [4.69, 9.17) is 9.68 Å². The summed E-state index contributed by atoms with van der Waals surface area (Å²) < 4.78 is 5.13. The Bertz CT molecular complexity index is 622. The Kier molecular flexibility index (Phi) is 3.87. The van der Waals surface area contributed by atoms with E-state index >= 15 is 0 Å². The normalized spacial score (nSPS) is 13.2. The number of aliphatic hydroxyl groups is 1. The lowest BCUT2D eigenvalue weighted by molar-refractivity contribution is 0.0330. The molecule has 1 atom stereocenters. The number of carbonyl (C=O) groups excluding carboxylic acids is 1. The third-order valence-corrected chi connectivity index (χ3v) is 2.92. The summed E-state index contributed by atoms with van der Waals surface area (Å²) in [6, 6.07) is 11.6. The van der Waals surface area contributed by atoms with E-state index in [1.807, 2.05) is 6.07 Å². The van der Waals surface area contributed by atoms with E-state index < -0.39 is 5.60 Å². The minimum atomic E-state index is -1.27. The molecule has 1 amide bonds. The fourth-order valence-corrected chi connectivity index (χ4v) is 1.72. The lowest BCUT2D eigenvalue weighted by atomic mass is 10.0. The van der Waals surface area contributed by atoms with Crippen LogP contribution in [-0.4, -0.2) is 17.6 Å². The van der Waals surface area contributed by atoms with E-state index in [-0.39, 0.29) is 12.5 Å². The van der Waals surface area contributed by atoms with Crippen molar-refractivity contribution in [3.8, 4) is 6.07 Å². The smallest absolute Gasteiger partial charge is 0.251 e. The number of amides is 1. The minimum Gasteiger partial charge on any atom is -0.466 e. The van der Waals surface area contributed by atoms with Gasteiger partial charge in [-0.2, -0.15) is 5.26 Å². The van der Waals surface area contributed by atoms with Gasteiger partial charge < -0.3 is 14.8 Å². The zero-order valence-corrected chi connectivity index (χ0v) is 11.0. The molecule has 1 aromatic carbocycles. The summed E-state index contributed by atoms with van der Waals surface area (Å²) in [4.78, 5) is 11.9. The first-order valence-electron chi connectivity index (χ1n) is 6.07. The van der Waals surface area contributed by atoms with Crippen LogP contribution in [0.2, 0.25) is 0 Å². The summed E-state index contributed by atoms with van der Waals surface area (Å²) in [6.07, 6.45) is 1.46. The Hall–Kier alpha value is -2.58. The van der Waals surface area contributed by atoms with Crippen LogP contribution in [0, 0.1) is 11.3 Å². The van der Waals surface area contributed by atoms with Crippen LogP contribution < -0.4 is 5.32 Å². The van der Waals surface area contributed by atoms with Gasteiger partial charge in [-0.05, 0) is 43.3 Å². The molecule has 5 nitrogen and oxygen atoms in total. The first kappa shape index (κ1) is 13.8. The van der Waals surface area contributed by atoms with Crippen molar-refractivity contribution in [2.24, 2.45) is 0 Å². The minimum absolute atomic E-state index is 0.0271. The second-order valence-corrected chi connectivity index (χ2v) is 4.62. The zero-order valence-electron chi connectivity index (χ0n) is 11.0. The van der Waals surface area contributed by atoms with Crippen LogP contribution in [0.5, 0.6) is 0 Å². The van der Waals surface area contributed by atoms with Crippen LogP contribution in [-0.2, 0) is 5.60 Å². The van der Waals surface area contributed by atoms with E-state index in [0.717, 1.165) is 0 Å². The zero-order chi connectivity index (χ0) is 14.6. The Morgan fingerprint density at radius 1 is 1.40 bits per heavy atom. The number of hydrogen-bond donors (Lipinski definition) is 2. The van der Waals surface area contributed by atoms with Crippen molar-refractivity contribution in [1.29, 1.82) is 5.26 Å². The third kappa shape index (κ3) is 3.05. The lowest BCUT2D eigenvalue weighted by Gasteiger charge is -2.21. The highest BCUT2D eigenvalue weighted by atomic mass is 16.4. The molecular formula is C15H14N2O3. The van der Waals surface area contributed by atoms with Crippen molar-refractivity contribution in [3.63, 3.8) is 0 Å². The van der Waals surface area contributed by atoms with Gasteiger partial charge in [0.2, 0.25) is 0 Å². The van der Waals surface area contributed by atoms with E-state index in [0.29, 0.717) is 16.9 Å². The van der Waals surface area contributed by atoms with Crippen LogP contribution in [0.25, 0.3) is 0 Å². The second-order valence-electron chi connectivity index (χ2n) is 4.62. The molecule has 0 unspecified atom stereocenters. The number of benzene rings is 1. The average molecular weight is 270 g/mol. The van der Waals surface area contributed by atoms with Gasteiger partial charge in [0.05, 0.1) is 24.4 Å². The van der Waals surface area contributed by atoms with Crippen LogP contribution in [0.15, 0.2) is 47.1 Å². The van der Waals surface area contributed by atoms with E-state index in [1.165, 1.54) is 6.26 Å². The molecule has 0 saturated carbocycles. The molecule has 1 aromatic heterocycles. The second kappa shape index (κ2) is 5.59. The van der Waals surface area contributed by atoms with Crippen LogP contribution in [0.1, 0.15) is 28.6 Å². The SMILES string of the molecule is C[C@](O)(CNC(=O)c1ccc(C#N)cc1)c1ccco1. The van der Waals surface area contributed by atoms with Crippen LogP contribution in [0.4, 0.5) is 0 Å². The van der Waals surface area contributed by atoms with Crippen molar-refractivity contribution >= 4 is 5.91 Å². The van der Waals surface area contributed by atoms with Gasteiger partial charge in [-0.25, -0.2) is 0 Å². The standard InChI is InChI=1S/C15H14N2O3/c1-15(19,13-3-2-8-20-13)10-17-14(18)12-6-4-11(9-16)5-7-12/h2-8,19H,10H2,1H3,(H,17,18)/t15-/m0/s1. The number of hydrogen-bond acceptors (Lipinski definition) is 4. The summed E-state index contributed by atoms with van der Waals surface area (Å²) in [5.74, 6) is 0.0685. The van der Waals surface area contributed by atoms with Crippen LogP contribution in [0.3, 0.4) is 0 Å². The van der Waals surface area contributed by atoms with Crippen molar-refractivity contribution in [2.75, 3.05) is 6.54 Å². The number of nitriles is 1. The highest BCUT2D eigenvalue weighted by Crippen LogP contribution is 2.19. The maximum atomic E-state index is 11.9. The molecule has 0 fully saturated rings. The molecule has 2 aromatic rings. The van der Waals surface area contributed by atoms with E-state index in [1.54, 1.807) is 43.3 Å². The molecule has 0 saturated heterocycles. The number of nitrogens with zero attached hydrogens (tertiary/aromatic N) is 1. The third-order valence-electron chi connectivity index (χ3n) is 2.92. The summed E-state index contributed by atoms with van der Waals surface area (Å²) in [7, 11) is 0.